The molecular formula is C83H155F21. The van der Waals surface area contributed by atoms with Crippen molar-refractivity contribution in [2.45, 2.75) is 396 Å². The fraction of sp³-hybridized carbons (Fsp3) is 1.00. The smallest absolute Gasteiger partial charge is 0.171 e. The summed E-state index contributed by atoms with van der Waals surface area (Å²) in [5.74, 6) is -2.06. The lowest BCUT2D eigenvalue weighted by atomic mass is 9.56. The topological polar surface area (TPSA) is 0 Å². The maximum Gasteiger partial charge on any atom is 0.403 e. The van der Waals surface area contributed by atoms with Gasteiger partial charge in [0.1, 0.15) is 0 Å². The molecule has 0 bridgehead atoms. The lowest BCUT2D eigenvalue weighted by Crippen LogP contribution is -2.52. The SMILES string of the molecule is CC(C)(C)C(C)(C)C(C)(C)C.CC(C)C(C)(C)C(C)(C)C.CC(C)C(C)(C)C(C)C(F)(F)F.CC(C)[C@@H](C)C(C)(C)C.CC1CCC(C(F)(F)F)CC1.CC1CCCC(C(F)(F)F)[C@@H]1C.C[C@@H]1CCCC(C(F)(F)F)(C(F)(F)F)C1.C[C@@H]1CCCC(C(F)(F)F)C1.C[C@H](C(C)(C)C)C(C)(C)C(F)(F)F. The highest BCUT2D eigenvalue weighted by Gasteiger charge is 2.70. The number of rotatable bonds is 5. The highest BCUT2D eigenvalue weighted by atomic mass is 19.4. The van der Waals surface area contributed by atoms with E-state index in [2.05, 4.69) is 145 Å². The van der Waals surface area contributed by atoms with Crippen LogP contribution in [0.4, 0.5) is 92.2 Å². The van der Waals surface area contributed by atoms with Crippen LogP contribution >= 0.6 is 0 Å². The zero-order valence-corrected chi connectivity index (χ0v) is 72.1. The van der Waals surface area contributed by atoms with Gasteiger partial charge < -0.3 is 0 Å². The molecule has 0 spiro atoms. The standard InChI is InChI=1S/C11H24.C10H19F3.C10H22.C9H12F6.C9H15F3.C9H17F3.C9H20.2C8H13F3/c1-9(2,3)11(7,8)10(4,5)6;1-7(8(2,3)4)9(5,6)10(11,12)13;1-8(2)10(6,7)9(3,4)5;1-6-3-2-4-7(5-6,8(10,11)12)9(13,14)15;1-6-4-3-5-8(7(6)2)9(10,11)12;1-6(2)8(4,5)7(3)9(10,11)12;1-7(2)8(3)9(4,5)6;1-6-2-4-7(5-3-6)8(9,10)11;1-6-3-2-4-7(5-6)8(9,10)11/h1-8H3;7H,1-6H3;8H,1-7H3;6H,2-5H2,1H3;6-8H,3-5H2,1-2H3;6-7H,1-5H3;7-8H,1-6H3;2*6-7H,2-5H2,1H3/t;7-;;6-;6?,7-,8?;;8-;;6-,7?/m.1.11.1.1/s1. The van der Waals surface area contributed by atoms with E-state index in [0.29, 0.717) is 76.9 Å². The van der Waals surface area contributed by atoms with Gasteiger partial charge in [-0.1, -0.05) is 308 Å². The molecule has 104 heavy (non-hydrogen) atoms. The Balaban J connectivity index is -0.000000355. The van der Waals surface area contributed by atoms with Crippen LogP contribution in [0.2, 0.25) is 0 Å². The molecule has 0 nitrogen and oxygen atoms in total. The van der Waals surface area contributed by atoms with Gasteiger partial charge in [0.15, 0.2) is 5.41 Å². The number of alkyl halides is 21. The minimum Gasteiger partial charge on any atom is -0.171 e. The number of hydrogen-bond donors (Lipinski definition) is 0. The van der Waals surface area contributed by atoms with E-state index in [-0.39, 0.29) is 35.5 Å². The van der Waals surface area contributed by atoms with Crippen LogP contribution in [0, 0.1) is 137 Å². The van der Waals surface area contributed by atoms with E-state index in [0.717, 1.165) is 56.3 Å². The van der Waals surface area contributed by atoms with E-state index in [1.165, 1.54) is 27.7 Å². The highest BCUT2D eigenvalue weighted by molar-refractivity contribution is 4.97. The van der Waals surface area contributed by atoms with Gasteiger partial charge in [-0.15, -0.1) is 0 Å². The van der Waals surface area contributed by atoms with E-state index < -0.39 is 108 Å². The van der Waals surface area contributed by atoms with E-state index >= 15 is 0 Å². The molecule has 0 amide bonds. The van der Waals surface area contributed by atoms with Gasteiger partial charge in [-0.3, -0.25) is 0 Å². The third-order valence-corrected chi connectivity index (χ3v) is 26.8. The van der Waals surface area contributed by atoms with E-state index in [9.17, 15) is 92.2 Å². The Morgan fingerprint density at radius 2 is 0.712 bits per heavy atom. The molecule has 0 aliphatic heterocycles. The van der Waals surface area contributed by atoms with Crippen molar-refractivity contribution in [2.24, 2.45) is 137 Å². The predicted octanol–water partition coefficient (Wildman–Crippen LogP) is 33.9. The van der Waals surface area contributed by atoms with Crippen molar-refractivity contribution in [2.75, 3.05) is 0 Å². The molecule has 4 unspecified atom stereocenters. The van der Waals surface area contributed by atoms with Crippen LogP contribution in [0.5, 0.6) is 0 Å². The summed E-state index contributed by atoms with van der Waals surface area (Å²) < 4.78 is 260. The van der Waals surface area contributed by atoms with Crippen molar-refractivity contribution in [3.63, 3.8) is 0 Å². The van der Waals surface area contributed by atoms with Crippen molar-refractivity contribution >= 4 is 0 Å². The molecule has 4 saturated carbocycles. The van der Waals surface area contributed by atoms with E-state index in [1.807, 2.05) is 55.4 Å². The van der Waals surface area contributed by atoms with Crippen LogP contribution in [-0.2, 0) is 0 Å². The molecule has 21 heteroatoms. The van der Waals surface area contributed by atoms with Crippen LogP contribution in [0.3, 0.4) is 0 Å². The molecule has 9 atom stereocenters. The van der Waals surface area contributed by atoms with Crippen LogP contribution < -0.4 is 0 Å². The molecule has 0 saturated heterocycles. The summed E-state index contributed by atoms with van der Waals surface area (Å²) in [5, 5.41) is 0. The predicted molar refractivity (Wildman–Crippen MR) is 395 cm³/mol. The summed E-state index contributed by atoms with van der Waals surface area (Å²) in [5.41, 5.74) is -3.63. The Morgan fingerprint density at radius 3 is 0.894 bits per heavy atom. The van der Waals surface area contributed by atoms with Gasteiger partial charge in [0.05, 0.1) is 29.1 Å². The second-order valence-electron chi connectivity index (χ2n) is 40.4. The molecule has 4 fully saturated rings. The molecule has 0 heterocycles. The summed E-state index contributed by atoms with van der Waals surface area (Å²) in [7, 11) is 0. The lowest BCUT2D eigenvalue weighted by Gasteiger charge is -2.49. The molecule has 0 aromatic heterocycles. The Kier molecular flexibility index (Phi) is 44.2. The van der Waals surface area contributed by atoms with Crippen LogP contribution in [0.15, 0.2) is 0 Å². The first-order valence-corrected chi connectivity index (χ1v) is 38.5. The Morgan fingerprint density at radius 1 is 0.337 bits per heavy atom. The Labute approximate surface area is 622 Å². The molecule has 0 radical (unpaired) electrons. The first kappa shape index (κ1) is 111. The van der Waals surface area contributed by atoms with Crippen molar-refractivity contribution in [1.82, 2.24) is 0 Å². The van der Waals surface area contributed by atoms with Crippen molar-refractivity contribution in [1.29, 1.82) is 0 Å². The monoisotopic (exact) mass is 1550 g/mol. The third-order valence-electron chi connectivity index (χ3n) is 26.8. The van der Waals surface area contributed by atoms with Gasteiger partial charge in [0.2, 0.25) is 0 Å². The minimum absolute atomic E-state index is 0.0137. The minimum atomic E-state index is -5.19. The molecule has 0 aromatic carbocycles. The van der Waals surface area contributed by atoms with Crippen LogP contribution in [0.25, 0.3) is 0 Å². The maximum atomic E-state index is 12.6. The molecule has 4 aliphatic carbocycles. The Bertz CT molecular complexity index is 2210. The summed E-state index contributed by atoms with van der Waals surface area (Å²) in [6.07, 6.45) is -25.1. The molecule has 0 N–H and O–H groups in total. The first-order valence-electron chi connectivity index (χ1n) is 38.5. The largest absolute Gasteiger partial charge is 0.403 e. The van der Waals surface area contributed by atoms with Gasteiger partial charge in [-0.25, -0.2) is 0 Å². The van der Waals surface area contributed by atoms with Crippen molar-refractivity contribution in [3.05, 3.63) is 0 Å². The zero-order valence-electron chi connectivity index (χ0n) is 72.1. The maximum absolute atomic E-state index is 12.6. The lowest BCUT2D eigenvalue weighted by molar-refractivity contribution is -0.353. The summed E-state index contributed by atoms with van der Waals surface area (Å²) in [6.45, 7) is 75.6. The first-order chi connectivity index (χ1) is 45.1. The van der Waals surface area contributed by atoms with Gasteiger partial charge in [0, 0.05) is 0 Å². The van der Waals surface area contributed by atoms with Crippen LogP contribution in [-0.4, -0.2) is 43.2 Å². The average molecular weight is 1550 g/mol. The molecule has 634 valence electrons. The van der Waals surface area contributed by atoms with Crippen molar-refractivity contribution < 1.29 is 92.2 Å². The summed E-state index contributed by atoms with van der Waals surface area (Å²) in [4.78, 5) is 0. The number of halogens is 21. The van der Waals surface area contributed by atoms with Crippen LogP contribution in [0.1, 0.15) is 352 Å². The molecule has 4 rings (SSSR count). The van der Waals surface area contributed by atoms with E-state index in [1.54, 1.807) is 27.7 Å². The quantitative estimate of drug-likeness (QED) is 0.241. The second kappa shape index (κ2) is 41.3. The molecule has 0 aromatic rings. The third kappa shape index (κ3) is 37.7. The second-order valence-corrected chi connectivity index (χ2v) is 40.4. The highest BCUT2D eigenvalue weighted by Crippen LogP contribution is 2.60. The summed E-state index contributed by atoms with van der Waals surface area (Å²) in [6, 6.07) is 0. The number of hydrogen-bond acceptors (Lipinski definition) is 0. The van der Waals surface area contributed by atoms with Gasteiger partial charge >= 0.3 is 43.2 Å². The fourth-order valence-corrected chi connectivity index (χ4v) is 12.8. The zero-order chi connectivity index (χ0) is 85.2. The normalized spacial score (nSPS) is 24.1. The van der Waals surface area contributed by atoms with Gasteiger partial charge in [0.25, 0.3) is 0 Å². The van der Waals surface area contributed by atoms with Crippen molar-refractivity contribution in [3.8, 4) is 0 Å². The van der Waals surface area contributed by atoms with Gasteiger partial charge in [-0.05, 0) is 147 Å². The molecular weight excluding hydrogens is 1400 g/mol. The summed E-state index contributed by atoms with van der Waals surface area (Å²) >= 11 is 0. The van der Waals surface area contributed by atoms with Gasteiger partial charge in [-0.2, -0.15) is 92.2 Å². The average Bonchev–Trinajstić information content (AvgIpc) is 0.753. The van der Waals surface area contributed by atoms with E-state index in [4.69, 9.17) is 0 Å². The molecule has 4 aliphatic rings. The Hall–Kier alpha value is -1.47. The fourth-order valence-electron chi connectivity index (χ4n) is 12.8.